The molecule has 1 aliphatic heterocycles. The average Bonchev–Trinajstić information content (AvgIpc) is 2.43. The number of anilines is 1. The molecule has 1 N–H and O–H groups in total. The van der Waals surface area contributed by atoms with E-state index in [1.807, 2.05) is 11.8 Å². The Labute approximate surface area is 118 Å². The quantitative estimate of drug-likeness (QED) is 0.919. The summed E-state index contributed by atoms with van der Waals surface area (Å²) >= 11 is 0. The normalized spacial score (nSPS) is 19.9. The lowest BCUT2D eigenvalue weighted by Crippen LogP contribution is -2.43. The maximum atomic E-state index is 13.6. The molecule has 0 unspecified atom stereocenters. The molecule has 0 saturated carbocycles. The second-order valence-corrected chi connectivity index (χ2v) is 5.27. The highest BCUT2D eigenvalue weighted by molar-refractivity contribution is 5.92. The highest BCUT2D eigenvalue weighted by atomic mass is 19.1. The summed E-state index contributed by atoms with van der Waals surface area (Å²) < 4.78 is 18.9. The van der Waals surface area contributed by atoms with Gasteiger partial charge in [0.2, 0.25) is 5.91 Å². The van der Waals surface area contributed by atoms with Gasteiger partial charge in [-0.2, -0.15) is 0 Å². The fraction of sp³-hybridized carbons (Fsp3) is 0.533. The van der Waals surface area contributed by atoms with E-state index in [4.69, 9.17) is 4.74 Å². The van der Waals surface area contributed by atoms with Crippen molar-refractivity contribution in [3.63, 3.8) is 0 Å². The Morgan fingerprint density at radius 1 is 1.55 bits per heavy atom. The van der Waals surface area contributed by atoms with Gasteiger partial charge in [-0.05, 0) is 44.0 Å². The zero-order valence-electron chi connectivity index (χ0n) is 12.0. The number of amides is 1. The first-order valence-electron chi connectivity index (χ1n) is 6.89. The number of likely N-dealkylation sites (tertiary alicyclic amines) is 1. The summed E-state index contributed by atoms with van der Waals surface area (Å²) in [4.78, 5) is 14.0. The molecule has 0 spiro atoms. The van der Waals surface area contributed by atoms with Crippen molar-refractivity contribution in [3.8, 4) is 0 Å². The maximum absolute atomic E-state index is 13.6. The Balaban J connectivity index is 1.90. The fourth-order valence-corrected chi connectivity index (χ4v) is 2.48. The Hall–Kier alpha value is -1.46. The molecule has 20 heavy (non-hydrogen) atoms. The zero-order chi connectivity index (χ0) is 14.5. The second kappa shape index (κ2) is 6.81. The van der Waals surface area contributed by atoms with Crippen molar-refractivity contribution in [1.29, 1.82) is 0 Å². The summed E-state index contributed by atoms with van der Waals surface area (Å²) in [6.07, 6.45) is 2.23. The molecule has 2 rings (SSSR count). The first-order chi connectivity index (χ1) is 9.58. The number of methoxy groups -OCH3 is 1. The van der Waals surface area contributed by atoms with Gasteiger partial charge in [-0.25, -0.2) is 4.39 Å². The van der Waals surface area contributed by atoms with Crippen LogP contribution in [0.2, 0.25) is 0 Å². The Morgan fingerprint density at radius 2 is 2.35 bits per heavy atom. The van der Waals surface area contributed by atoms with Crippen LogP contribution in [0.4, 0.5) is 10.1 Å². The van der Waals surface area contributed by atoms with E-state index >= 15 is 0 Å². The molecular formula is C15H21FN2O2. The fourth-order valence-electron chi connectivity index (χ4n) is 2.48. The van der Waals surface area contributed by atoms with Crippen molar-refractivity contribution in [1.82, 2.24) is 4.90 Å². The number of carbonyl (C=O) groups excluding carboxylic acids is 1. The number of nitrogens with zero attached hydrogens (tertiary/aromatic N) is 1. The number of halogens is 1. The van der Waals surface area contributed by atoms with Gasteiger partial charge in [-0.15, -0.1) is 0 Å². The zero-order valence-corrected chi connectivity index (χ0v) is 12.0. The van der Waals surface area contributed by atoms with E-state index in [9.17, 15) is 9.18 Å². The molecule has 5 heteroatoms. The van der Waals surface area contributed by atoms with Crippen LogP contribution in [0, 0.1) is 12.7 Å². The number of rotatable bonds is 4. The minimum Gasteiger partial charge on any atom is -0.380 e. The average molecular weight is 280 g/mol. The van der Waals surface area contributed by atoms with Crippen LogP contribution in [0.25, 0.3) is 0 Å². The van der Waals surface area contributed by atoms with Gasteiger partial charge >= 0.3 is 0 Å². The monoisotopic (exact) mass is 280 g/mol. The summed E-state index contributed by atoms with van der Waals surface area (Å²) in [5.41, 5.74) is 1.16. The number of hydrogen-bond donors (Lipinski definition) is 1. The number of hydrogen-bond acceptors (Lipinski definition) is 3. The lowest BCUT2D eigenvalue weighted by molar-refractivity contribution is -0.118. The molecule has 1 fully saturated rings. The van der Waals surface area contributed by atoms with E-state index < -0.39 is 5.82 Å². The molecule has 0 bridgehead atoms. The predicted molar refractivity (Wildman–Crippen MR) is 76.2 cm³/mol. The molecule has 4 nitrogen and oxygen atoms in total. The number of piperidine rings is 1. The third-order valence-electron chi connectivity index (χ3n) is 3.56. The number of aryl methyl sites for hydroxylation is 1. The molecule has 110 valence electrons. The van der Waals surface area contributed by atoms with Crippen molar-refractivity contribution >= 4 is 11.6 Å². The molecule has 1 aromatic rings. The van der Waals surface area contributed by atoms with Gasteiger partial charge < -0.3 is 10.1 Å². The number of benzene rings is 1. The van der Waals surface area contributed by atoms with Crippen LogP contribution in [-0.4, -0.2) is 43.7 Å². The van der Waals surface area contributed by atoms with Crippen LogP contribution in [0.15, 0.2) is 18.2 Å². The largest absolute Gasteiger partial charge is 0.380 e. The topological polar surface area (TPSA) is 41.6 Å². The molecule has 1 aliphatic rings. The first kappa shape index (κ1) is 14.9. The van der Waals surface area contributed by atoms with E-state index in [2.05, 4.69) is 5.32 Å². The first-order valence-corrected chi connectivity index (χ1v) is 6.89. The Kier molecular flexibility index (Phi) is 5.09. The van der Waals surface area contributed by atoms with E-state index in [0.29, 0.717) is 0 Å². The summed E-state index contributed by atoms with van der Waals surface area (Å²) in [6, 6.07) is 4.69. The van der Waals surface area contributed by atoms with Crippen LogP contribution >= 0.6 is 0 Å². The van der Waals surface area contributed by atoms with Crippen molar-refractivity contribution in [2.75, 3.05) is 32.1 Å². The summed E-state index contributed by atoms with van der Waals surface area (Å²) in [5, 5.41) is 2.63. The van der Waals surface area contributed by atoms with E-state index in [1.165, 1.54) is 6.07 Å². The Morgan fingerprint density at radius 3 is 3.10 bits per heavy atom. The minimum absolute atomic E-state index is 0.187. The van der Waals surface area contributed by atoms with Crippen molar-refractivity contribution < 1.29 is 13.9 Å². The maximum Gasteiger partial charge on any atom is 0.238 e. The third-order valence-corrected chi connectivity index (χ3v) is 3.56. The molecule has 1 atom stereocenters. The van der Waals surface area contributed by atoms with Gasteiger partial charge in [0, 0.05) is 13.7 Å². The number of nitrogens with one attached hydrogen (secondary N) is 1. The smallest absolute Gasteiger partial charge is 0.238 e. The van der Waals surface area contributed by atoms with E-state index in [-0.39, 0.29) is 24.2 Å². The van der Waals surface area contributed by atoms with Gasteiger partial charge in [0.05, 0.1) is 18.3 Å². The van der Waals surface area contributed by atoms with Crippen molar-refractivity contribution in [2.45, 2.75) is 25.9 Å². The number of carbonyl (C=O) groups is 1. The molecule has 0 radical (unpaired) electrons. The van der Waals surface area contributed by atoms with Gasteiger partial charge in [-0.1, -0.05) is 6.07 Å². The second-order valence-electron chi connectivity index (χ2n) is 5.27. The van der Waals surface area contributed by atoms with Crippen LogP contribution in [0.5, 0.6) is 0 Å². The Bertz CT molecular complexity index is 479. The molecule has 0 aliphatic carbocycles. The van der Waals surface area contributed by atoms with Gasteiger partial charge in [0.15, 0.2) is 0 Å². The van der Waals surface area contributed by atoms with E-state index in [1.54, 1.807) is 19.2 Å². The van der Waals surface area contributed by atoms with Crippen LogP contribution < -0.4 is 5.32 Å². The van der Waals surface area contributed by atoms with Crippen LogP contribution in [-0.2, 0) is 9.53 Å². The molecule has 1 aromatic carbocycles. The highest BCUT2D eigenvalue weighted by Gasteiger charge is 2.21. The molecule has 1 saturated heterocycles. The van der Waals surface area contributed by atoms with Crippen LogP contribution in [0.1, 0.15) is 18.4 Å². The summed E-state index contributed by atoms with van der Waals surface area (Å²) in [5.74, 6) is -0.594. The molecule has 1 heterocycles. The lowest BCUT2D eigenvalue weighted by Gasteiger charge is -2.31. The van der Waals surface area contributed by atoms with Gasteiger partial charge in [0.1, 0.15) is 5.82 Å². The SMILES string of the molecule is CO[C@H]1CCCN(CC(=O)Nc2cc(C)ccc2F)C1. The molecular weight excluding hydrogens is 259 g/mol. The van der Waals surface area contributed by atoms with Crippen molar-refractivity contribution in [2.24, 2.45) is 0 Å². The molecule has 1 amide bonds. The summed E-state index contributed by atoms with van der Waals surface area (Å²) in [7, 11) is 1.69. The van der Waals surface area contributed by atoms with Gasteiger partial charge in [-0.3, -0.25) is 9.69 Å². The predicted octanol–water partition coefficient (Wildman–Crippen LogP) is 2.18. The summed E-state index contributed by atoms with van der Waals surface area (Å²) in [6.45, 7) is 3.76. The van der Waals surface area contributed by atoms with Crippen molar-refractivity contribution in [3.05, 3.63) is 29.6 Å². The van der Waals surface area contributed by atoms with Crippen LogP contribution in [0.3, 0.4) is 0 Å². The van der Waals surface area contributed by atoms with Gasteiger partial charge in [0.25, 0.3) is 0 Å². The lowest BCUT2D eigenvalue weighted by atomic mass is 10.1. The third kappa shape index (κ3) is 4.02. The minimum atomic E-state index is -0.405. The van der Waals surface area contributed by atoms with E-state index in [0.717, 1.165) is 31.5 Å². The highest BCUT2D eigenvalue weighted by Crippen LogP contribution is 2.16. The number of ether oxygens (including phenoxy) is 1. The standard InChI is InChI=1S/C15H21FN2O2/c1-11-5-6-13(16)14(8-11)17-15(19)10-18-7-3-4-12(9-18)20-2/h5-6,8,12H,3-4,7,9-10H2,1-2H3,(H,17,19)/t12-/m0/s1. The molecule has 0 aromatic heterocycles.